The van der Waals surface area contributed by atoms with E-state index in [2.05, 4.69) is 19.2 Å². The summed E-state index contributed by atoms with van der Waals surface area (Å²) in [4.78, 5) is 0. The van der Waals surface area contributed by atoms with E-state index >= 15 is 0 Å². The van der Waals surface area contributed by atoms with Gasteiger partial charge in [-0.1, -0.05) is 65.2 Å². The maximum absolute atomic E-state index is 3.62. The molecule has 0 spiro atoms. The van der Waals surface area contributed by atoms with Crippen molar-refractivity contribution in [2.75, 3.05) is 13.1 Å². The number of unbranched alkanes of at least 4 members (excludes halogenated alkanes) is 4. The van der Waals surface area contributed by atoms with Crippen molar-refractivity contribution in [1.29, 1.82) is 0 Å². The van der Waals surface area contributed by atoms with E-state index in [1.54, 1.807) is 0 Å². The first-order chi connectivity index (χ1) is 8.33. The summed E-state index contributed by atoms with van der Waals surface area (Å²) >= 11 is 0. The van der Waals surface area contributed by atoms with Crippen LogP contribution in [0.2, 0.25) is 0 Å². The van der Waals surface area contributed by atoms with Gasteiger partial charge in [-0.3, -0.25) is 0 Å². The summed E-state index contributed by atoms with van der Waals surface area (Å²) in [5, 5.41) is 3.62. The van der Waals surface area contributed by atoms with E-state index in [-0.39, 0.29) is 0 Å². The fourth-order valence-electron chi connectivity index (χ4n) is 2.90. The van der Waals surface area contributed by atoms with Crippen molar-refractivity contribution < 1.29 is 0 Å². The van der Waals surface area contributed by atoms with E-state index in [0.29, 0.717) is 0 Å². The fourth-order valence-corrected chi connectivity index (χ4v) is 2.90. The Labute approximate surface area is 109 Å². The SMILES string of the molecule is CCCCCCCNCCC1CCC(C)CC1. The van der Waals surface area contributed by atoms with Crippen molar-refractivity contribution in [3.05, 3.63) is 0 Å². The largest absolute Gasteiger partial charge is 0.317 e. The highest BCUT2D eigenvalue weighted by molar-refractivity contribution is 4.70. The van der Waals surface area contributed by atoms with Crippen LogP contribution in [0.5, 0.6) is 0 Å². The summed E-state index contributed by atoms with van der Waals surface area (Å²) in [7, 11) is 0. The summed E-state index contributed by atoms with van der Waals surface area (Å²) in [6.07, 6.45) is 14.3. The summed E-state index contributed by atoms with van der Waals surface area (Å²) in [6, 6.07) is 0. The summed E-state index contributed by atoms with van der Waals surface area (Å²) in [5.41, 5.74) is 0. The minimum atomic E-state index is 0.998. The molecule has 1 aliphatic rings. The molecule has 102 valence electrons. The molecule has 0 aromatic carbocycles. The van der Waals surface area contributed by atoms with Crippen LogP contribution in [0.15, 0.2) is 0 Å². The van der Waals surface area contributed by atoms with Gasteiger partial charge in [0.1, 0.15) is 0 Å². The van der Waals surface area contributed by atoms with Gasteiger partial charge < -0.3 is 5.32 Å². The second kappa shape index (κ2) is 9.94. The van der Waals surface area contributed by atoms with Crippen LogP contribution in [0.1, 0.15) is 78.1 Å². The van der Waals surface area contributed by atoms with E-state index in [0.717, 1.165) is 11.8 Å². The van der Waals surface area contributed by atoms with Crippen molar-refractivity contribution in [2.24, 2.45) is 11.8 Å². The third-order valence-electron chi connectivity index (χ3n) is 4.32. The van der Waals surface area contributed by atoms with Gasteiger partial charge in [0.05, 0.1) is 0 Å². The van der Waals surface area contributed by atoms with Gasteiger partial charge >= 0.3 is 0 Å². The normalized spacial score (nSPS) is 25.1. The van der Waals surface area contributed by atoms with Crippen LogP contribution < -0.4 is 5.32 Å². The number of hydrogen-bond donors (Lipinski definition) is 1. The molecule has 1 heteroatoms. The maximum Gasteiger partial charge on any atom is -0.00463 e. The molecule has 0 heterocycles. The molecule has 1 nitrogen and oxygen atoms in total. The van der Waals surface area contributed by atoms with Gasteiger partial charge in [-0.15, -0.1) is 0 Å². The van der Waals surface area contributed by atoms with E-state index in [9.17, 15) is 0 Å². The first-order valence-electron chi connectivity index (χ1n) is 8.03. The molecule has 0 unspecified atom stereocenters. The first kappa shape index (κ1) is 15.0. The Bertz CT molecular complexity index is 159. The minimum Gasteiger partial charge on any atom is -0.317 e. The molecule has 1 N–H and O–H groups in total. The Hall–Kier alpha value is -0.0400. The van der Waals surface area contributed by atoms with Crippen LogP contribution in [0.25, 0.3) is 0 Å². The molecule has 0 saturated heterocycles. The topological polar surface area (TPSA) is 12.0 Å². The molecule has 1 saturated carbocycles. The lowest BCUT2D eigenvalue weighted by Crippen LogP contribution is -2.21. The average molecular weight is 239 g/mol. The Morgan fingerprint density at radius 1 is 0.882 bits per heavy atom. The number of nitrogens with one attached hydrogen (secondary N) is 1. The monoisotopic (exact) mass is 239 g/mol. The lowest BCUT2D eigenvalue weighted by atomic mass is 9.81. The van der Waals surface area contributed by atoms with E-state index < -0.39 is 0 Å². The van der Waals surface area contributed by atoms with Crippen LogP contribution in [0.3, 0.4) is 0 Å². The van der Waals surface area contributed by atoms with Gasteiger partial charge in [0.25, 0.3) is 0 Å². The van der Waals surface area contributed by atoms with Crippen molar-refractivity contribution >= 4 is 0 Å². The zero-order valence-corrected chi connectivity index (χ0v) is 12.1. The second-order valence-electron chi connectivity index (χ2n) is 6.08. The van der Waals surface area contributed by atoms with Gasteiger partial charge in [0.2, 0.25) is 0 Å². The lowest BCUT2D eigenvalue weighted by molar-refractivity contribution is 0.275. The zero-order chi connectivity index (χ0) is 12.3. The van der Waals surface area contributed by atoms with Crippen LogP contribution in [-0.4, -0.2) is 13.1 Å². The average Bonchev–Trinajstić information content (AvgIpc) is 2.35. The van der Waals surface area contributed by atoms with Crippen molar-refractivity contribution in [3.8, 4) is 0 Å². The molecule has 0 bridgehead atoms. The molecule has 1 fully saturated rings. The molecule has 0 amide bonds. The van der Waals surface area contributed by atoms with Gasteiger partial charge in [0, 0.05) is 0 Å². The third-order valence-corrected chi connectivity index (χ3v) is 4.32. The first-order valence-corrected chi connectivity index (χ1v) is 8.03. The minimum absolute atomic E-state index is 0.998. The van der Waals surface area contributed by atoms with Crippen LogP contribution in [0.4, 0.5) is 0 Å². The smallest absolute Gasteiger partial charge is 0.00463 e. The fraction of sp³-hybridized carbons (Fsp3) is 1.00. The van der Waals surface area contributed by atoms with Crippen LogP contribution in [-0.2, 0) is 0 Å². The zero-order valence-electron chi connectivity index (χ0n) is 12.1. The van der Waals surface area contributed by atoms with Crippen LogP contribution in [0, 0.1) is 11.8 Å². The number of hydrogen-bond acceptors (Lipinski definition) is 1. The predicted octanol–water partition coefficient (Wildman–Crippen LogP) is 4.76. The molecule has 0 aliphatic heterocycles. The third kappa shape index (κ3) is 7.81. The van der Waals surface area contributed by atoms with E-state index in [4.69, 9.17) is 0 Å². The molecule has 0 aromatic heterocycles. The van der Waals surface area contributed by atoms with Gasteiger partial charge in [-0.05, 0) is 37.8 Å². The predicted molar refractivity (Wildman–Crippen MR) is 77.4 cm³/mol. The molecular weight excluding hydrogens is 206 g/mol. The lowest BCUT2D eigenvalue weighted by Gasteiger charge is -2.26. The van der Waals surface area contributed by atoms with Crippen LogP contribution >= 0.6 is 0 Å². The Kier molecular flexibility index (Phi) is 8.78. The second-order valence-corrected chi connectivity index (χ2v) is 6.08. The molecule has 0 radical (unpaired) electrons. The highest BCUT2D eigenvalue weighted by atomic mass is 14.8. The molecule has 0 atom stereocenters. The Morgan fingerprint density at radius 2 is 1.59 bits per heavy atom. The molecular formula is C16H33N. The highest BCUT2D eigenvalue weighted by Crippen LogP contribution is 2.29. The van der Waals surface area contributed by atoms with E-state index in [1.165, 1.54) is 77.3 Å². The number of rotatable bonds is 9. The quantitative estimate of drug-likeness (QED) is 0.572. The highest BCUT2D eigenvalue weighted by Gasteiger charge is 2.17. The molecule has 1 rings (SSSR count). The van der Waals surface area contributed by atoms with Crippen molar-refractivity contribution in [1.82, 2.24) is 5.32 Å². The standard InChI is InChI=1S/C16H33N/c1-3-4-5-6-7-13-17-14-12-16-10-8-15(2)9-11-16/h15-17H,3-14H2,1-2H3. The summed E-state index contributed by atoms with van der Waals surface area (Å²) in [5.74, 6) is 2.02. The van der Waals surface area contributed by atoms with E-state index in [1.807, 2.05) is 0 Å². The van der Waals surface area contributed by atoms with Gasteiger partial charge in [0.15, 0.2) is 0 Å². The summed E-state index contributed by atoms with van der Waals surface area (Å²) in [6.45, 7) is 7.19. The Morgan fingerprint density at radius 3 is 2.29 bits per heavy atom. The Balaban J connectivity index is 1.81. The van der Waals surface area contributed by atoms with Crippen molar-refractivity contribution in [3.63, 3.8) is 0 Å². The molecule has 17 heavy (non-hydrogen) atoms. The van der Waals surface area contributed by atoms with Crippen molar-refractivity contribution in [2.45, 2.75) is 78.1 Å². The van der Waals surface area contributed by atoms with Gasteiger partial charge in [-0.2, -0.15) is 0 Å². The summed E-state index contributed by atoms with van der Waals surface area (Å²) < 4.78 is 0. The molecule has 1 aliphatic carbocycles. The molecule has 0 aromatic rings. The van der Waals surface area contributed by atoms with Gasteiger partial charge in [-0.25, -0.2) is 0 Å². The maximum atomic E-state index is 3.62.